The molecule has 1 heterocycles. The maximum absolute atomic E-state index is 12.7. The molecule has 6 heteroatoms. The first-order valence-corrected chi connectivity index (χ1v) is 10.6. The Morgan fingerprint density at radius 1 is 1.10 bits per heavy atom. The third kappa shape index (κ3) is 6.15. The molecule has 3 rings (SSSR count). The summed E-state index contributed by atoms with van der Waals surface area (Å²) in [5.41, 5.74) is 10.1. The highest BCUT2D eigenvalue weighted by Gasteiger charge is 2.10. The number of amides is 1. The molecule has 0 aliphatic carbocycles. The normalized spacial score (nSPS) is 11.0. The lowest BCUT2D eigenvalue weighted by atomic mass is 10.1. The molecule has 2 aromatic carbocycles. The molecule has 0 fully saturated rings. The van der Waals surface area contributed by atoms with Crippen LogP contribution in [0.2, 0.25) is 0 Å². The molecule has 0 atom stereocenters. The molecule has 0 bridgehead atoms. The van der Waals surface area contributed by atoms with E-state index in [4.69, 9.17) is 5.73 Å². The van der Waals surface area contributed by atoms with Crippen molar-refractivity contribution in [2.45, 2.75) is 13.0 Å². The summed E-state index contributed by atoms with van der Waals surface area (Å²) in [6.07, 6.45) is 1.11. The first-order valence-electron chi connectivity index (χ1n) is 9.72. The van der Waals surface area contributed by atoms with Gasteiger partial charge < -0.3 is 21.3 Å². The predicted molar refractivity (Wildman–Crippen MR) is 123 cm³/mol. The molecule has 1 amide bonds. The maximum atomic E-state index is 12.7. The summed E-state index contributed by atoms with van der Waals surface area (Å²) >= 11 is 1.66. The summed E-state index contributed by atoms with van der Waals surface area (Å²) in [4.78, 5) is 16.0. The van der Waals surface area contributed by atoms with E-state index in [1.165, 1.54) is 0 Å². The number of nitrogens with two attached hydrogens (primary N) is 1. The number of nitrogen functional groups attached to an aromatic ring is 1. The topological polar surface area (TPSA) is 70.4 Å². The zero-order valence-electron chi connectivity index (χ0n) is 16.9. The van der Waals surface area contributed by atoms with Crippen molar-refractivity contribution in [3.05, 3.63) is 71.1 Å². The fraction of sp³-hybridized carbons (Fsp3) is 0.261. The van der Waals surface area contributed by atoms with Gasteiger partial charge in [0.25, 0.3) is 5.91 Å². The first kappa shape index (κ1) is 21.0. The third-order valence-electron chi connectivity index (χ3n) is 4.61. The molecule has 0 saturated heterocycles. The molecule has 4 N–H and O–H groups in total. The number of nitrogens with zero attached hydrogens (tertiary/aromatic N) is 1. The highest BCUT2D eigenvalue weighted by Crippen LogP contribution is 2.30. The van der Waals surface area contributed by atoms with Crippen molar-refractivity contribution >= 4 is 28.6 Å². The van der Waals surface area contributed by atoms with Gasteiger partial charge in [0.1, 0.15) is 0 Å². The van der Waals surface area contributed by atoms with Gasteiger partial charge in [0, 0.05) is 17.0 Å². The van der Waals surface area contributed by atoms with Gasteiger partial charge in [-0.05, 0) is 80.4 Å². The number of hydrogen-bond acceptors (Lipinski definition) is 5. The van der Waals surface area contributed by atoms with E-state index in [2.05, 4.69) is 35.7 Å². The van der Waals surface area contributed by atoms with Crippen LogP contribution in [0.1, 0.15) is 22.3 Å². The van der Waals surface area contributed by atoms with Gasteiger partial charge in [-0.25, -0.2) is 0 Å². The second-order valence-electron chi connectivity index (χ2n) is 7.26. The molecule has 3 aromatic rings. The van der Waals surface area contributed by atoms with Crippen LogP contribution in [0.25, 0.3) is 10.4 Å². The lowest BCUT2D eigenvalue weighted by molar-refractivity contribution is 0.102. The molecular formula is C23H28N4OS. The van der Waals surface area contributed by atoms with Gasteiger partial charge in [0.15, 0.2) is 0 Å². The van der Waals surface area contributed by atoms with Crippen LogP contribution >= 0.6 is 11.3 Å². The second kappa shape index (κ2) is 10.2. The first-order chi connectivity index (χ1) is 14.0. The maximum Gasteiger partial charge on any atom is 0.255 e. The summed E-state index contributed by atoms with van der Waals surface area (Å²) < 4.78 is 0. The van der Waals surface area contributed by atoms with Crippen LogP contribution in [0, 0.1) is 0 Å². The van der Waals surface area contributed by atoms with Gasteiger partial charge in [-0.2, -0.15) is 0 Å². The Bertz CT molecular complexity index is 921. The van der Waals surface area contributed by atoms with E-state index in [0.717, 1.165) is 42.1 Å². The minimum atomic E-state index is -0.162. The number of carbonyl (C=O) groups excluding carboxylic acids is 1. The minimum absolute atomic E-state index is 0.162. The third-order valence-corrected chi connectivity index (χ3v) is 5.53. The van der Waals surface area contributed by atoms with Crippen molar-refractivity contribution in [2.24, 2.45) is 0 Å². The summed E-state index contributed by atoms with van der Waals surface area (Å²) in [6.45, 7) is 2.84. The summed E-state index contributed by atoms with van der Waals surface area (Å²) in [6, 6.07) is 17.5. The molecule has 0 saturated carbocycles. The van der Waals surface area contributed by atoms with Crippen molar-refractivity contribution in [3.8, 4) is 10.4 Å². The summed E-state index contributed by atoms with van der Waals surface area (Å²) in [5.74, 6) is -0.162. The molecule has 0 aliphatic rings. The van der Waals surface area contributed by atoms with E-state index in [-0.39, 0.29) is 5.91 Å². The largest absolute Gasteiger partial charge is 0.397 e. The monoisotopic (exact) mass is 408 g/mol. The van der Waals surface area contributed by atoms with Crippen molar-refractivity contribution in [1.82, 2.24) is 10.2 Å². The van der Waals surface area contributed by atoms with Crippen LogP contribution < -0.4 is 16.4 Å². The van der Waals surface area contributed by atoms with Crippen molar-refractivity contribution in [1.29, 1.82) is 0 Å². The Morgan fingerprint density at radius 3 is 2.59 bits per heavy atom. The molecular weight excluding hydrogens is 380 g/mol. The molecule has 29 heavy (non-hydrogen) atoms. The highest BCUT2D eigenvalue weighted by atomic mass is 32.1. The van der Waals surface area contributed by atoms with Gasteiger partial charge in [0.05, 0.1) is 11.4 Å². The summed E-state index contributed by atoms with van der Waals surface area (Å²) in [5, 5.41) is 8.40. The number of thiophene rings is 1. The molecule has 0 unspecified atom stereocenters. The average molecular weight is 409 g/mol. The van der Waals surface area contributed by atoms with Gasteiger partial charge in [-0.3, -0.25) is 4.79 Å². The van der Waals surface area contributed by atoms with E-state index in [1.807, 2.05) is 53.9 Å². The number of nitrogens with one attached hydrogen (secondary N) is 2. The fourth-order valence-corrected chi connectivity index (χ4v) is 3.71. The van der Waals surface area contributed by atoms with Crippen molar-refractivity contribution < 1.29 is 4.79 Å². The molecule has 1 aromatic heterocycles. The quantitative estimate of drug-likeness (QED) is 0.365. The molecule has 152 valence electrons. The zero-order valence-corrected chi connectivity index (χ0v) is 17.8. The minimum Gasteiger partial charge on any atom is -0.397 e. The van der Waals surface area contributed by atoms with E-state index in [9.17, 15) is 4.79 Å². The highest BCUT2D eigenvalue weighted by molar-refractivity contribution is 7.13. The van der Waals surface area contributed by atoms with E-state index >= 15 is 0 Å². The van der Waals surface area contributed by atoms with E-state index in [1.54, 1.807) is 11.3 Å². The Balaban J connectivity index is 1.58. The van der Waals surface area contributed by atoms with Gasteiger partial charge in [-0.15, -0.1) is 11.3 Å². The van der Waals surface area contributed by atoms with Gasteiger partial charge in [0.2, 0.25) is 0 Å². The van der Waals surface area contributed by atoms with Crippen LogP contribution in [0.5, 0.6) is 0 Å². The molecule has 0 aliphatic heterocycles. The Labute approximate surface area is 176 Å². The van der Waals surface area contributed by atoms with Gasteiger partial charge >= 0.3 is 0 Å². The van der Waals surface area contributed by atoms with E-state index in [0.29, 0.717) is 16.9 Å². The number of rotatable bonds is 9. The van der Waals surface area contributed by atoms with Crippen LogP contribution in [-0.2, 0) is 6.54 Å². The summed E-state index contributed by atoms with van der Waals surface area (Å²) in [7, 11) is 4.16. The van der Waals surface area contributed by atoms with Crippen LogP contribution in [0.15, 0.2) is 60.0 Å². The predicted octanol–water partition coefficient (Wildman–Crippen LogP) is 4.29. The van der Waals surface area contributed by atoms with E-state index < -0.39 is 0 Å². The lowest BCUT2D eigenvalue weighted by Crippen LogP contribution is -2.21. The molecule has 5 nitrogen and oxygen atoms in total. The smallest absolute Gasteiger partial charge is 0.255 e. The van der Waals surface area contributed by atoms with Gasteiger partial charge in [-0.1, -0.05) is 24.3 Å². The number of carbonyl (C=O) groups is 1. The Kier molecular flexibility index (Phi) is 7.41. The van der Waals surface area contributed by atoms with Crippen molar-refractivity contribution in [2.75, 3.05) is 38.2 Å². The molecule has 0 radical (unpaired) electrons. The fourth-order valence-electron chi connectivity index (χ4n) is 2.98. The Hall–Kier alpha value is -2.67. The molecule has 0 spiro atoms. The SMILES string of the molecule is CN(C)CCCNCc1ccc(C(=O)Nc2cc(-c3cccs3)ccc2N)cc1. The second-order valence-corrected chi connectivity index (χ2v) is 8.21. The van der Waals surface area contributed by atoms with Crippen LogP contribution in [-0.4, -0.2) is 38.0 Å². The van der Waals surface area contributed by atoms with Crippen LogP contribution in [0.4, 0.5) is 11.4 Å². The zero-order chi connectivity index (χ0) is 20.6. The van der Waals surface area contributed by atoms with Crippen LogP contribution in [0.3, 0.4) is 0 Å². The average Bonchev–Trinajstić information content (AvgIpc) is 3.24. The Morgan fingerprint density at radius 2 is 1.90 bits per heavy atom. The lowest BCUT2D eigenvalue weighted by Gasteiger charge is -2.11. The van der Waals surface area contributed by atoms with Crippen molar-refractivity contribution in [3.63, 3.8) is 0 Å². The standard InChI is InChI=1S/C23H28N4OS/c1-27(2)13-4-12-25-16-17-6-8-18(9-7-17)23(28)26-21-15-19(10-11-20(21)24)22-5-3-14-29-22/h3,5-11,14-15,25H,4,12-13,16,24H2,1-2H3,(H,26,28). The number of benzene rings is 2. The number of hydrogen-bond donors (Lipinski definition) is 3. The number of anilines is 2.